The van der Waals surface area contributed by atoms with E-state index in [1.54, 1.807) is 38.5 Å². The van der Waals surface area contributed by atoms with E-state index in [1.165, 1.54) is 12.6 Å². The molecule has 1 aliphatic rings. The lowest BCUT2D eigenvalue weighted by molar-refractivity contribution is 0.0724. The van der Waals surface area contributed by atoms with Crippen molar-refractivity contribution in [3.8, 4) is 17.2 Å². The molecule has 0 radical (unpaired) electrons. The molecule has 0 atom stereocenters. The average molecular weight is 627 g/mol. The van der Waals surface area contributed by atoms with Gasteiger partial charge in [0.05, 0.1) is 24.0 Å². The molecule has 0 aromatic heterocycles. The summed E-state index contributed by atoms with van der Waals surface area (Å²) >= 11 is 2.14. The normalized spacial score (nSPS) is 13.3. The second-order valence-electron chi connectivity index (χ2n) is 8.80. The highest BCUT2D eigenvalue weighted by Crippen LogP contribution is 2.28. The van der Waals surface area contributed by atoms with Crippen LogP contribution in [0.15, 0.2) is 65.8 Å². The fourth-order valence-electron chi connectivity index (χ4n) is 4.10. The quantitative estimate of drug-likeness (QED) is 0.198. The van der Waals surface area contributed by atoms with Gasteiger partial charge < -0.3 is 19.1 Å². The summed E-state index contributed by atoms with van der Waals surface area (Å²) < 4.78 is 17.6. The van der Waals surface area contributed by atoms with E-state index in [1.807, 2.05) is 41.3 Å². The van der Waals surface area contributed by atoms with Gasteiger partial charge in [0.25, 0.3) is 11.8 Å². The molecule has 1 heterocycles. The van der Waals surface area contributed by atoms with Crippen LogP contribution in [-0.4, -0.2) is 50.2 Å². The van der Waals surface area contributed by atoms with Crippen molar-refractivity contribution in [2.75, 3.05) is 27.3 Å². The summed E-state index contributed by atoms with van der Waals surface area (Å²) in [5.41, 5.74) is 5.35. The molecule has 3 aromatic rings. The Morgan fingerprint density at radius 1 is 0.895 bits per heavy atom. The van der Waals surface area contributed by atoms with Crippen molar-refractivity contribution in [3.05, 3.63) is 86.5 Å². The predicted molar refractivity (Wildman–Crippen MR) is 154 cm³/mol. The highest BCUT2D eigenvalue weighted by Gasteiger charge is 2.18. The highest BCUT2D eigenvalue weighted by atomic mass is 127. The van der Waals surface area contributed by atoms with Crippen LogP contribution in [-0.2, 0) is 6.61 Å². The molecule has 0 spiro atoms. The maximum atomic E-state index is 12.7. The molecule has 0 saturated carbocycles. The summed E-state index contributed by atoms with van der Waals surface area (Å²) in [6.07, 6.45) is 4.87. The van der Waals surface area contributed by atoms with Gasteiger partial charge in [-0.05, 0) is 102 Å². The Balaban J connectivity index is 1.33. The molecule has 0 bridgehead atoms. The third kappa shape index (κ3) is 7.03. The Labute approximate surface area is 236 Å². The first-order chi connectivity index (χ1) is 18.5. The minimum atomic E-state index is -0.341. The van der Waals surface area contributed by atoms with E-state index in [9.17, 15) is 9.59 Å². The SMILES string of the molecule is COc1cc(C(=O)N/N=C/c2ccc(OCc3ccc(C(=O)N4CCCCC4)cc3)c(OC)c2)ccc1I. The van der Waals surface area contributed by atoms with E-state index in [2.05, 4.69) is 33.1 Å². The molecule has 3 aromatic carbocycles. The van der Waals surface area contributed by atoms with Crippen molar-refractivity contribution in [1.29, 1.82) is 0 Å². The van der Waals surface area contributed by atoms with Crippen molar-refractivity contribution in [3.63, 3.8) is 0 Å². The maximum absolute atomic E-state index is 12.7. The molecular formula is C29H30IN3O5. The molecule has 1 aliphatic heterocycles. The number of hydrogen-bond donors (Lipinski definition) is 1. The van der Waals surface area contributed by atoms with Crippen molar-refractivity contribution in [2.24, 2.45) is 5.10 Å². The summed E-state index contributed by atoms with van der Waals surface area (Å²) in [5, 5.41) is 4.06. The monoisotopic (exact) mass is 627 g/mol. The number of rotatable bonds is 9. The Bertz CT molecular complexity index is 1300. The predicted octanol–water partition coefficient (Wildman–Crippen LogP) is 5.28. The summed E-state index contributed by atoms with van der Waals surface area (Å²) in [6, 6.07) is 18.1. The summed E-state index contributed by atoms with van der Waals surface area (Å²) in [5.74, 6) is 1.49. The zero-order chi connectivity index (χ0) is 26.9. The molecule has 9 heteroatoms. The number of hydrogen-bond acceptors (Lipinski definition) is 6. The van der Waals surface area contributed by atoms with E-state index in [4.69, 9.17) is 14.2 Å². The Morgan fingerprint density at radius 2 is 1.61 bits per heavy atom. The van der Waals surface area contributed by atoms with Gasteiger partial charge in [0.1, 0.15) is 12.4 Å². The molecular weight excluding hydrogens is 597 g/mol. The van der Waals surface area contributed by atoms with Gasteiger partial charge in [0, 0.05) is 24.2 Å². The number of carbonyl (C=O) groups is 2. The molecule has 1 saturated heterocycles. The average Bonchev–Trinajstić information content (AvgIpc) is 2.96. The minimum absolute atomic E-state index is 0.0885. The first-order valence-corrected chi connectivity index (χ1v) is 13.4. The summed E-state index contributed by atoms with van der Waals surface area (Å²) in [6.45, 7) is 1.99. The molecule has 4 rings (SSSR count). The van der Waals surface area contributed by atoms with Crippen molar-refractivity contribution in [1.82, 2.24) is 10.3 Å². The maximum Gasteiger partial charge on any atom is 0.271 e. The first kappa shape index (κ1) is 27.4. The van der Waals surface area contributed by atoms with Crippen molar-refractivity contribution < 1.29 is 23.8 Å². The number of ether oxygens (including phenoxy) is 3. The lowest BCUT2D eigenvalue weighted by atomic mass is 10.1. The molecule has 198 valence electrons. The number of benzene rings is 3. The van der Waals surface area contributed by atoms with E-state index in [-0.39, 0.29) is 11.8 Å². The second kappa shape index (κ2) is 13.3. The van der Waals surface area contributed by atoms with Gasteiger partial charge in [-0.25, -0.2) is 5.43 Å². The van der Waals surface area contributed by atoms with Crippen LogP contribution in [0.5, 0.6) is 17.2 Å². The van der Waals surface area contributed by atoms with Gasteiger partial charge in [-0.3, -0.25) is 9.59 Å². The van der Waals surface area contributed by atoms with Crippen LogP contribution in [0.25, 0.3) is 0 Å². The number of nitrogens with one attached hydrogen (secondary N) is 1. The van der Waals surface area contributed by atoms with E-state index >= 15 is 0 Å². The lowest BCUT2D eigenvalue weighted by Crippen LogP contribution is -2.35. The third-order valence-corrected chi connectivity index (χ3v) is 7.11. The van der Waals surface area contributed by atoms with Crippen LogP contribution < -0.4 is 19.6 Å². The lowest BCUT2D eigenvalue weighted by Gasteiger charge is -2.26. The molecule has 8 nitrogen and oxygen atoms in total. The highest BCUT2D eigenvalue weighted by molar-refractivity contribution is 14.1. The number of amides is 2. The molecule has 1 fully saturated rings. The van der Waals surface area contributed by atoms with Gasteiger partial charge in [-0.2, -0.15) is 5.10 Å². The fraction of sp³-hybridized carbons (Fsp3) is 0.276. The van der Waals surface area contributed by atoms with Crippen molar-refractivity contribution in [2.45, 2.75) is 25.9 Å². The fourth-order valence-corrected chi connectivity index (χ4v) is 4.65. The molecule has 2 amide bonds. The zero-order valence-electron chi connectivity index (χ0n) is 21.4. The number of carbonyl (C=O) groups excluding carboxylic acids is 2. The van der Waals surface area contributed by atoms with E-state index < -0.39 is 0 Å². The van der Waals surface area contributed by atoms with Gasteiger partial charge in [-0.15, -0.1) is 0 Å². The first-order valence-electron chi connectivity index (χ1n) is 12.3. The molecule has 38 heavy (non-hydrogen) atoms. The molecule has 0 unspecified atom stereocenters. The molecule has 0 aliphatic carbocycles. The number of methoxy groups -OCH3 is 2. The Hall–Kier alpha value is -3.60. The largest absolute Gasteiger partial charge is 0.496 e. The van der Waals surface area contributed by atoms with Crippen LogP contribution in [0.4, 0.5) is 0 Å². The summed E-state index contributed by atoms with van der Waals surface area (Å²) in [7, 11) is 3.13. The Morgan fingerprint density at radius 3 is 2.32 bits per heavy atom. The van der Waals surface area contributed by atoms with E-state index in [0.717, 1.165) is 40.6 Å². The zero-order valence-corrected chi connectivity index (χ0v) is 23.6. The smallest absolute Gasteiger partial charge is 0.271 e. The minimum Gasteiger partial charge on any atom is -0.496 e. The molecule has 1 N–H and O–H groups in total. The number of piperidine rings is 1. The van der Waals surface area contributed by atoms with E-state index in [0.29, 0.717) is 35.0 Å². The number of nitrogens with zero attached hydrogens (tertiary/aromatic N) is 2. The standard InChI is InChI=1S/C29H30IN3O5/c1-36-26-17-23(11-12-24(26)30)28(34)32-31-18-21-8-13-25(27(16-21)37-2)38-19-20-6-9-22(10-7-20)29(35)33-14-4-3-5-15-33/h6-13,16-18H,3-5,14-15,19H2,1-2H3,(H,32,34)/b31-18+. The van der Waals surface area contributed by atoms with Gasteiger partial charge in [0.2, 0.25) is 0 Å². The van der Waals surface area contributed by atoms with Crippen LogP contribution in [0.2, 0.25) is 0 Å². The van der Waals surface area contributed by atoms with Gasteiger partial charge >= 0.3 is 0 Å². The third-order valence-electron chi connectivity index (χ3n) is 6.22. The van der Waals surface area contributed by atoms with Crippen LogP contribution in [0.3, 0.4) is 0 Å². The Kier molecular flexibility index (Phi) is 9.58. The number of likely N-dealkylation sites (tertiary alicyclic amines) is 1. The van der Waals surface area contributed by atoms with Crippen LogP contribution in [0, 0.1) is 3.57 Å². The number of hydrazone groups is 1. The summed E-state index contributed by atoms with van der Waals surface area (Å²) in [4.78, 5) is 27.0. The van der Waals surface area contributed by atoms with Crippen LogP contribution in [0.1, 0.15) is 51.1 Å². The topological polar surface area (TPSA) is 89.5 Å². The second-order valence-corrected chi connectivity index (χ2v) is 9.96. The number of halogens is 1. The van der Waals surface area contributed by atoms with Gasteiger partial charge in [0.15, 0.2) is 11.5 Å². The van der Waals surface area contributed by atoms with Gasteiger partial charge in [-0.1, -0.05) is 12.1 Å². The van der Waals surface area contributed by atoms with Crippen molar-refractivity contribution >= 4 is 40.6 Å². The van der Waals surface area contributed by atoms with Crippen LogP contribution >= 0.6 is 22.6 Å².